The van der Waals surface area contributed by atoms with Crippen LogP contribution >= 0.6 is 11.8 Å². The van der Waals surface area contributed by atoms with Crippen LogP contribution in [-0.2, 0) is 6.18 Å². The maximum Gasteiger partial charge on any atom is 0.451 e. The van der Waals surface area contributed by atoms with E-state index in [0.29, 0.717) is 11.6 Å². The third-order valence-electron chi connectivity index (χ3n) is 1.77. The molecule has 17 heavy (non-hydrogen) atoms. The molecule has 0 fully saturated rings. The van der Waals surface area contributed by atoms with E-state index in [4.69, 9.17) is 0 Å². The van der Waals surface area contributed by atoms with Crippen LogP contribution in [0.4, 0.5) is 19.0 Å². The minimum absolute atomic E-state index is 0.216. The lowest BCUT2D eigenvalue weighted by Crippen LogP contribution is -2.13. The number of thioether (sulfide) groups is 1. The van der Waals surface area contributed by atoms with Crippen molar-refractivity contribution in [3.05, 3.63) is 11.9 Å². The zero-order chi connectivity index (χ0) is 12.9. The van der Waals surface area contributed by atoms with Gasteiger partial charge in [0.15, 0.2) is 0 Å². The smallest absolute Gasteiger partial charge is 0.370 e. The molecule has 0 bridgehead atoms. The van der Waals surface area contributed by atoms with Crippen molar-refractivity contribution in [2.45, 2.75) is 31.5 Å². The number of alkyl halides is 3. The third-order valence-corrected chi connectivity index (χ3v) is 2.89. The van der Waals surface area contributed by atoms with Crippen LogP contribution in [0.25, 0.3) is 0 Å². The van der Waals surface area contributed by atoms with E-state index in [1.165, 1.54) is 11.8 Å². The van der Waals surface area contributed by atoms with Crippen LogP contribution in [0.3, 0.4) is 0 Å². The van der Waals surface area contributed by atoms with Gasteiger partial charge in [0.25, 0.3) is 0 Å². The second-order valence-electron chi connectivity index (χ2n) is 3.29. The molecule has 96 valence electrons. The van der Waals surface area contributed by atoms with E-state index in [1.807, 2.05) is 6.92 Å². The summed E-state index contributed by atoms with van der Waals surface area (Å²) in [5.74, 6) is -0.136. The summed E-state index contributed by atoms with van der Waals surface area (Å²) in [4.78, 5) is 6.95. The molecule has 0 spiro atoms. The molecular formula is C10H14F3N3S. The largest absolute Gasteiger partial charge is 0.451 e. The van der Waals surface area contributed by atoms with Gasteiger partial charge in [0.1, 0.15) is 10.8 Å². The zero-order valence-corrected chi connectivity index (χ0v) is 10.5. The molecule has 0 aliphatic rings. The van der Waals surface area contributed by atoms with E-state index >= 15 is 0 Å². The molecule has 0 radical (unpaired) electrons. The topological polar surface area (TPSA) is 37.8 Å². The number of halogens is 3. The molecule has 0 saturated heterocycles. The SMILES string of the molecule is CCCSc1cc(NCC)nc(C(F)(F)F)n1. The number of aromatic nitrogens is 2. The summed E-state index contributed by atoms with van der Waals surface area (Å²) in [6.45, 7) is 4.28. The summed E-state index contributed by atoms with van der Waals surface area (Å²) in [6, 6.07) is 1.54. The van der Waals surface area contributed by atoms with E-state index in [9.17, 15) is 13.2 Å². The highest BCUT2D eigenvalue weighted by atomic mass is 32.2. The maximum absolute atomic E-state index is 12.5. The van der Waals surface area contributed by atoms with Gasteiger partial charge in [-0.25, -0.2) is 9.97 Å². The standard InChI is InChI=1S/C10H14F3N3S/c1-3-5-17-8-6-7(14-4-2)15-9(16-8)10(11,12)13/h6H,3-5H2,1-2H3,(H,14,15,16). The Morgan fingerprint density at radius 2 is 2.00 bits per heavy atom. The van der Waals surface area contributed by atoms with E-state index in [2.05, 4.69) is 15.3 Å². The van der Waals surface area contributed by atoms with Crippen molar-refractivity contribution in [1.29, 1.82) is 0 Å². The molecule has 0 saturated carbocycles. The van der Waals surface area contributed by atoms with Gasteiger partial charge < -0.3 is 5.32 Å². The van der Waals surface area contributed by atoms with Gasteiger partial charge in [-0.2, -0.15) is 13.2 Å². The summed E-state index contributed by atoms with van der Waals surface area (Å²) in [7, 11) is 0. The quantitative estimate of drug-likeness (QED) is 0.654. The molecule has 1 aromatic rings. The molecule has 0 atom stereocenters. The second kappa shape index (κ2) is 6.09. The van der Waals surface area contributed by atoms with E-state index in [-0.39, 0.29) is 5.82 Å². The Bertz CT molecular complexity index is 368. The first-order valence-electron chi connectivity index (χ1n) is 5.30. The number of hydrogen-bond acceptors (Lipinski definition) is 4. The van der Waals surface area contributed by atoms with Gasteiger partial charge >= 0.3 is 6.18 Å². The van der Waals surface area contributed by atoms with Gasteiger partial charge in [-0.05, 0) is 19.1 Å². The Kier molecular flexibility index (Phi) is 5.04. The minimum Gasteiger partial charge on any atom is -0.370 e. The van der Waals surface area contributed by atoms with Gasteiger partial charge in [0, 0.05) is 12.6 Å². The molecule has 0 aromatic carbocycles. The van der Waals surface area contributed by atoms with Crippen molar-refractivity contribution in [2.24, 2.45) is 0 Å². The van der Waals surface area contributed by atoms with Gasteiger partial charge in [-0.3, -0.25) is 0 Å². The van der Waals surface area contributed by atoms with Crippen LogP contribution in [0.5, 0.6) is 0 Å². The number of anilines is 1. The summed E-state index contributed by atoms with van der Waals surface area (Å²) in [5, 5.41) is 3.12. The molecule has 3 nitrogen and oxygen atoms in total. The molecule has 0 amide bonds. The first-order chi connectivity index (χ1) is 7.97. The molecule has 1 N–H and O–H groups in total. The van der Waals surface area contributed by atoms with Crippen molar-refractivity contribution in [1.82, 2.24) is 9.97 Å². The average Bonchev–Trinajstić information content (AvgIpc) is 2.25. The second-order valence-corrected chi connectivity index (χ2v) is 4.41. The number of hydrogen-bond donors (Lipinski definition) is 1. The summed E-state index contributed by atoms with van der Waals surface area (Å²) >= 11 is 1.30. The highest BCUT2D eigenvalue weighted by Gasteiger charge is 2.35. The Morgan fingerprint density at radius 3 is 2.53 bits per heavy atom. The number of nitrogens with zero attached hydrogens (tertiary/aromatic N) is 2. The lowest BCUT2D eigenvalue weighted by Gasteiger charge is -2.10. The summed E-state index contributed by atoms with van der Waals surface area (Å²) in [6.07, 6.45) is -3.63. The number of nitrogens with one attached hydrogen (secondary N) is 1. The molecule has 1 rings (SSSR count). The van der Waals surface area contributed by atoms with Crippen molar-refractivity contribution in [3.63, 3.8) is 0 Å². The minimum atomic E-state index is -4.51. The molecule has 0 aliphatic heterocycles. The van der Waals surface area contributed by atoms with Crippen LogP contribution in [-0.4, -0.2) is 22.3 Å². The first kappa shape index (κ1) is 14.1. The Hall–Kier alpha value is -0.980. The molecule has 0 unspecified atom stereocenters. The van der Waals surface area contributed by atoms with Crippen LogP contribution in [0.15, 0.2) is 11.1 Å². The Morgan fingerprint density at radius 1 is 1.29 bits per heavy atom. The summed E-state index contributed by atoms with van der Waals surface area (Å²) < 4.78 is 37.6. The lowest BCUT2D eigenvalue weighted by molar-refractivity contribution is -0.145. The van der Waals surface area contributed by atoms with Crippen molar-refractivity contribution >= 4 is 17.6 Å². The normalized spacial score (nSPS) is 11.6. The predicted octanol–water partition coefficient (Wildman–Crippen LogP) is 3.43. The van der Waals surface area contributed by atoms with E-state index in [0.717, 1.165) is 12.2 Å². The Balaban J connectivity index is 3.01. The monoisotopic (exact) mass is 265 g/mol. The van der Waals surface area contributed by atoms with Gasteiger partial charge in [0.05, 0.1) is 0 Å². The average molecular weight is 265 g/mol. The lowest BCUT2D eigenvalue weighted by atomic mass is 10.5. The zero-order valence-electron chi connectivity index (χ0n) is 9.64. The van der Waals surface area contributed by atoms with Crippen molar-refractivity contribution < 1.29 is 13.2 Å². The predicted molar refractivity (Wildman–Crippen MR) is 62.2 cm³/mol. The van der Waals surface area contributed by atoms with Crippen molar-refractivity contribution in [3.8, 4) is 0 Å². The van der Waals surface area contributed by atoms with Crippen molar-refractivity contribution in [2.75, 3.05) is 17.6 Å². The molecule has 1 heterocycles. The van der Waals surface area contributed by atoms with Gasteiger partial charge in [-0.1, -0.05) is 6.92 Å². The van der Waals surface area contributed by atoms with Crippen LogP contribution in [0.1, 0.15) is 26.1 Å². The number of rotatable bonds is 5. The molecule has 1 aromatic heterocycles. The van der Waals surface area contributed by atoms with Gasteiger partial charge in [0.2, 0.25) is 5.82 Å². The van der Waals surface area contributed by atoms with Crippen LogP contribution < -0.4 is 5.32 Å². The summed E-state index contributed by atoms with van der Waals surface area (Å²) in [5.41, 5.74) is 0. The Labute approximate surface area is 102 Å². The fourth-order valence-corrected chi connectivity index (χ4v) is 1.86. The van der Waals surface area contributed by atoms with Crippen LogP contribution in [0, 0.1) is 0 Å². The van der Waals surface area contributed by atoms with Gasteiger partial charge in [-0.15, -0.1) is 11.8 Å². The highest BCUT2D eigenvalue weighted by Crippen LogP contribution is 2.29. The molecular weight excluding hydrogens is 251 g/mol. The molecule has 0 aliphatic carbocycles. The highest BCUT2D eigenvalue weighted by molar-refractivity contribution is 7.99. The maximum atomic E-state index is 12.5. The fraction of sp³-hybridized carbons (Fsp3) is 0.600. The van der Waals surface area contributed by atoms with E-state index in [1.54, 1.807) is 13.0 Å². The van der Waals surface area contributed by atoms with Crippen LogP contribution in [0.2, 0.25) is 0 Å². The third kappa shape index (κ3) is 4.41. The first-order valence-corrected chi connectivity index (χ1v) is 6.28. The van der Waals surface area contributed by atoms with E-state index < -0.39 is 12.0 Å². The molecule has 7 heteroatoms. The fourth-order valence-electron chi connectivity index (χ4n) is 1.10.